The van der Waals surface area contributed by atoms with Crippen molar-refractivity contribution in [1.29, 1.82) is 0 Å². The van der Waals surface area contributed by atoms with Crippen LogP contribution in [0.15, 0.2) is 28.0 Å². The molecule has 1 aliphatic rings. The number of hydrogen-bond acceptors (Lipinski definition) is 5. The van der Waals surface area contributed by atoms with Crippen LogP contribution in [-0.2, 0) is 18.9 Å². The summed E-state index contributed by atoms with van der Waals surface area (Å²) in [6.45, 7) is 1.15. The lowest BCUT2D eigenvalue weighted by Crippen LogP contribution is -2.27. The molecule has 0 N–H and O–H groups in total. The molecule has 0 saturated carbocycles. The molecule has 2 rings (SSSR count). The standard InChI is InChI=1S/C12H14ClNO5S2/c1-20(16,17)10-6-9(7-11(8-10)21(13,18)19)12(15)14-4-2-3-5-14/h6-8H,2-5H2,1H3. The second kappa shape index (κ2) is 5.58. The molecule has 1 aromatic carbocycles. The first-order valence-corrected chi connectivity index (χ1v) is 10.4. The Kier molecular flexibility index (Phi) is 4.32. The van der Waals surface area contributed by atoms with Gasteiger partial charge in [-0.05, 0) is 31.0 Å². The number of likely N-dealkylation sites (tertiary alicyclic amines) is 1. The molecule has 1 heterocycles. The molecule has 1 amide bonds. The Bertz CT molecular complexity index is 730. The number of rotatable bonds is 3. The Labute approximate surface area is 128 Å². The van der Waals surface area contributed by atoms with E-state index in [1.54, 1.807) is 4.90 Å². The maximum atomic E-state index is 12.3. The molecule has 6 nitrogen and oxygen atoms in total. The van der Waals surface area contributed by atoms with Crippen molar-refractivity contribution in [1.82, 2.24) is 4.90 Å². The maximum Gasteiger partial charge on any atom is 0.261 e. The number of carbonyl (C=O) groups is 1. The first kappa shape index (κ1) is 16.3. The molecule has 21 heavy (non-hydrogen) atoms. The Morgan fingerprint density at radius 1 is 1.05 bits per heavy atom. The lowest BCUT2D eigenvalue weighted by molar-refractivity contribution is 0.0792. The summed E-state index contributed by atoms with van der Waals surface area (Å²) in [6.07, 6.45) is 2.69. The van der Waals surface area contributed by atoms with Gasteiger partial charge in [-0.3, -0.25) is 4.79 Å². The normalized spacial score (nSPS) is 16.2. The summed E-state index contributed by atoms with van der Waals surface area (Å²) in [7, 11) is -2.52. The van der Waals surface area contributed by atoms with Crippen LogP contribution in [0.1, 0.15) is 23.2 Å². The van der Waals surface area contributed by atoms with Gasteiger partial charge in [0.2, 0.25) is 0 Å². The molecule has 0 aliphatic carbocycles. The molecule has 0 radical (unpaired) electrons. The highest BCUT2D eigenvalue weighted by atomic mass is 35.7. The highest BCUT2D eigenvalue weighted by molar-refractivity contribution is 8.13. The van der Waals surface area contributed by atoms with E-state index in [2.05, 4.69) is 0 Å². The monoisotopic (exact) mass is 351 g/mol. The zero-order valence-electron chi connectivity index (χ0n) is 11.2. The minimum Gasteiger partial charge on any atom is -0.339 e. The predicted octanol–water partition coefficient (Wildman–Crippen LogP) is 1.25. The van der Waals surface area contributed by atoms with Crippen LogP contribution in [-0.4, -0.2) is 47.0 Å². The van der Waals surface area contributed by atoms with Crippen LogP contribution < -0.4 is 0 Å². The molecule has 1 fully saturated rings. The van der Waals surface area contributed by atoms with E-state index in [1.807, 2.05) is 0 Å². The van der Waals surface area contributed by atoms with Gasteiger partial charge in [-0.15, -0.1) is 0 Å². The van der Waals surface area contributed by atoms with Crippen LogP contribution >= 0.6 is 10.7 Å². The smallest absolute Gasteiger partial charge is 0.261 e. The van der Waals surface area contributed by atoms with Gasteiger partial charge < -0.3 is 4.90 Å². The maximum absolute atomic E-state index is 12.3. The van der Waals surface area contributed by atoms with Gasteiger partial charge >= 0.3 is 0 Å². The van der Waals surface area contributed by atoms with Gasteiger partial charge in [-0.2, -0.15) is 0 Å². The molecule has 116 valence electrons. The SMILES string of the molecule is CS(=O)(=O)c1cc(C(=O)N2CCCC2)cc(S(=O)(=O)Cl)c1. The average molecular weight is 352 g/mol. The van der Waals surface area contributed by atoms with Gasteiger partial charge in [-0.25, -0.2) is 16.8 Å². The van der Waals surface area contributed by atoms with E-state index < -0.39 is 23.8 Å². The van der Waals surface area contributed by atoms with Crippen molar-refractivity contribution in [2.24, 2.45) is 0 Å². The number of hydrogen-bond donors (Lipinski definition) is 0. The third-order valence-corrected chi connectivity index (χ3v) is 5.66. The fraction of sp³-hybridized carbons (Fsp3) is 0.417. The molecule has 0 aromatic heterocycles. The third-order valence-electron chi connectivity index (χ3n) is 3.23. The Balaban J connectivity index is 2.57. The number of amides is 1. The summed E-state index contributed by atoms with van der Waals surface area (Å²) in [4.78, 5) is 13.2. The van der Waals surface area contributed by atoms with Gasteiger partial charge in [0.05, 0.1) is 9.79 Å². The average Bonchev–Trinajstić information content (AvgIpc) is 2.89. The Morgan fingerprint density at radius 3 is 2.05 bits per heavy atom. The largest absolute Gasteiger partial charge is 0.339 e. The van der Waals surface area contributed by atoms with E-state index in [-0.39, 0.29) is 16.4 Å². The van der Waals surface area contributed by atoms with Crippen molar-refractivity contribution in [3.8, 4) is 0 Å². The summed E-state index contributed by atoms with van der Waals surface area (Å²) < 4.78 is 46.2. The van der Waals surface area contributed by atoms with Crippen molar-refractivity contribution in [2.45, 2.75) is 22.6 Å². The summed E-state index contributed by atoms with van der Waals surface area (Å²) >= 11 is 0. The minimum absolute atomic E-state index is 0.0130. The first-order chi connectivity index (χ1) is 9.59. The molecule has 9 heteroatoms. The van der Waals surface area contributed by atoms with Crippen LogP contribution in [0, 0.1) is 0 Å². The van der Waals surface area contributed by atoms with Crippen LogP contribution in [0.3, 0.4) is 0 Å². The lowest BCUT2D eigenvalue weighted by Gasteiger charge is -2.16. The van der Waals surface area contributed by atoms with Crippen molar-refractivity contribution in [3.05, 3.63) is 23.8 Å². The van der Waals surface area contributed by atoms with Crippen LogP contribution in [0.4, 0.5) is 0 Å². The highest BCUT2D eigenvalue weighted by Crippen LogP contribution is 2.23. The van der Waals surface area contributed by atoms with Gasteiger partial charge in [-0.1, -0.05) is 0 Å². The molecular weight excluding hydrogens is 338 g/mol. The van der Waals surface area contributed by atoms with Crippen LogP contribution in [0.2, 0.25) is 0 Å². The zero-order valence-corrected chi connectivity index (χ0v) is 13.6. The zero-order chi connectivity index (χ0) is 15.8. The van der Waals surface area contributed by atoms with E-state index in [0.29, 0.717) is 13.1 Å². The summed E-state index contributed by atoms with van der Waals surface area (Å²) in [6, 6.07) is 3.25. The summed E-state index contributed by atoms with van der Waals surface area (Å²) in [5, 5.41) is 0. The van der Waals surface area contributed by atoms with Crippen molar-refractivity contribution >= 4 is 35.5 Å². The van der Waals surface area contributed by atoms with E-state index in [4.69, 9.17) is 10.7 Å². The fourth-order valence-electron chi connectivity index (χ4n) is 2.15. The van der Waals surface area contributed by atoms with Gasteiger partial charge in [0.25, 0.3) is 15.0 Å². The molecular formula is C12H14ClNO5S2. The predicted molar refractivity (Wildman–Crippen MR) is 77.7 cm³/mol. The molecule has 0 bridgehead atoms. The van der Waals surface area contributed by atoms with Gasteiger partial charge in [0.1, 0.15) is 0 Å². The number of sulfone groups is 1. The lowest BCUT2D eigenvalue weighted by atomic mass is 10.2. The Hall–Kier alpha value is -1.12. The van der Waals surface area contributed by atoms with Crippen molar-refractivity contribution in [2.75, 3.05) is 19.3 Å². The number of nitrogens with zero attached hydrogens (tertiary/aromatic N) is 1. The van der Waals surface area contributed by atoms with E-state index in [9.17, 15) is 21.6 Å². The second-order valence-electron chi connectivity index (χ2n) is 4.90. The van der Waals surface area contributed by atoms with Crippen molar-refractivity contribution in [3.63, 3.8) is 0 Å². The number of carbonyl (C=O) groups excluding carboxylic acids is 1. The van der Waals surface area contributed by atoms with Crippen molar-refractivity contribution < 1.29 is 21.6 Å². The third kappa shape index (κ3) is 3.75. The van der Waals surface area contributed by atoms with E-state index >= 15 is 0 Å². The minimum atomic E-state index is -4.13. The molecule has 1 saturated heterocycles. The molecule has 1 aromatic rings. The van der Waals surface area contributed by atoms with Crippen LogP contribution in [0.25, 0.3) is 0 Å². The first-order valence-electron chi connectivity index (χ1n) is 6.18. The quantitative estimate of drug-likeness (QED) is 0.765. The number of benzene rings is 1. The van der Waals surface area contributed by atoms with Gasteiger partial charge in [0.15, 0.2) is 9.84 Å². The fourth-order valence-corrected chi connectivity index (χ4v) is 3.71. The topological polar surface area (TPSA) is 88.6 Å². The number of halogens is 1. The molecule has 0 unspecified atom stereocenters. The highest BCUT2D eigenvalue weighted by Gasteiger charge is 2.24. The van der Waals surface area contributed by atoms with Crippen LogP contribution in [0.5, 0.6) is 0 Å². The Morgan fingerprint density at radius 2 is 1.57 bits per heavy atom. The van der Waals surface area contributed by atoms with E-state index in [0.717, 1.165) is 31.2 Å². The van der Waals surface area contributed by atoms with E-state index in [1.165, 1.54) is 6.07 Å². The molecule has 1 aliphatic heterocycles. The van der Waals surface area contributed by atoms with Gasteiger partial charge in [0, 0.05) is 35.6 Å². The molecule has 0 spiro atoms. The second-order valence-corrected chi connectivity index (χ2v) is 9.48. The summed E-state index contributed by atoms with van der Waals surface area (Å²) in [5.74, 6) is -0.389. The molecule has 0 atom stereocenters. The summed E-state index contributed by atoms with van der Waals surface area (Å²) in [5.41, 5.74) is 0.0130.